The van der Waals surface area contributed by atoms with Gasteiger partial charge in [-0.25, -0.2) is 0 Å². The van der Waals surface area contributed by atoms with Crippen LogP contribution < -0.4 is 0 Å². The minimum Gasteiger partial charge on any atom is -0.354 e. The molecule has 164 valence electrons. The number of hydrogen-bond donors (Lipinski definition) is 1. The highest BCUT2D eigenvalue weighted by Gasteiger charge is 2.36. The normalized spacial score (nSPS) is 11.8. The van der Waals surface area contributed by atoms with Crippen molar-refractivity contribution in [2.75, 3.05) is 0 Å². The maximum absolute atomic E-state index is 3.79. The predicted molar refractivity (Wildman–Crippen MR) is 143 cm³/mol. The molecule has 5 aromatic carbocycles. The van der Waals surface area contributed by atoms with Crippen LogP contribution in [0.4, 0.5) is 0 Å². The number of fused-ring (bicyclic) bond motifs is 3. The number of H-pyrrole nitrogens is 1. The van der Waals surface area contributed by atoms with Gasteiger partial charge in [0.25, 0.3) is 0 Å². The fourth-order valence-electron chi connectivity index (χ4n) is 5.53. The highest BCUT2D eigenvalue weighted by molar-refractivity contribution is 6.08. The van der Waals surface area contributed by atoms with Crippen molar-refractivity contribution in [3.05, 3.63) is 156 Å². The van der Waals surface area contributed by atoms with E-state index in [0.29, 0.717) is 0 Å². The summed E-state index contributed by atoms with van der Waals surface area (Å²) in [5, 5.41) is 2.57. The van der Waals surface area contributed by atoms with E-state index >= 15 is 0 Å². The molecule has 0 spiro atoms. The van der Waals surface area contributed by atoms with Crippen molar-refractivity contribution in [3.63, 3.8) is 0 Å². The van der Waals surface area contributed by atoms with Crippen LogP contribution >= 0.6 is 0 Å². The van der Waals surface area contributed by atoms with E-state index in [2.05, 4.69) is 138 Å². The number of aromatic nitrogens is 1. The molecule has 1 heterocycles. The molecule has 0 atom stereocenters. The number of hydrogen-bond acceptors (Lipinski definition) is 0. The maximum atomic E-state index is 3.79. The Morgan fingerprint density at radius 3 is 1.65 bits per heavy atom. The second-order valence-electron chi connectivity index (χ2n) is 9.17. The van der Waals surface area contributed by atoms with Crippen LogP contribution in [0.15, 0.2) is 133 Å². The summed E-state index contributed by atoms with van der Waals surface area (Å²) in [5.41, 5.74) is 7.56. The van der Waals surface area contributed by atoms with Gasteiger partial charge in [-0.15, -0.1) is 0 Å². The van der Waals surface area contributed by atoms with Gasteiger partial charge in [-0.3, -0.25) is 0 Å². The van der Waals surface area contributed by atoms with E-state index in [-0.39, 0.29) is 5.41 Å². The molecule has 6 rings (SSSR count). The highest BCUT2D eigenvalue weighted by atomic mass is 14.7. The van der Waals surface area contributed by atoms with Crippen LogP contribution in [0, 0.1) is 0 Å². The summed E-state index contributed by atoms with van der Waals surface area (Å²) in [6, 6.07) is 48.3. The average Bonchev–Trinajstić information content (AvgIpc) is 3.29. The minimum absolute atomic E-state index is 0.232. The second kappa shape index (κ2) is 8.68. The summed E-state index contributed by atoms with van der Waals surface area (Å²) in [6.07, 6.45) is 1.84. The van der Waals surface area contributed by atoms with Crippen molar-refractivity contribution in [1.29, 1.82) is 0 Å². The zero-order chi connectivity index (χ0) is 22.8. The third-order valence-electron chi connectivity index (χ3n) is 7.08. The summed E-state index contributed by atoms with van der Waals surface area (Å²) < 4.78 is 0. The molecule has 0 aliphatic carbocycles. The van der Waals surface area contributed by atoms with E-state index in [1.807, 2.05) is 0 Å². The molecule has 0 radical (unpaired) electrons. The number of aromatic amines is 1. The zero-order valence-electron chi connectivity index (χ0n) is 19.1. The zero-order valence-corrected chi connectivity index (χ0v) is 19.1. The summed E-state index contributed by atoms with van der Waals surface area (Å²) in [4.78, 5) is 3.79. The lowest BCUT2D eigenvalue weighted by molar-refractivity contribution is 0.510. The number of para-hydroxylation sites is 2. The Balaban J connectivity index is 1.67. The predicted octanol–water partition coefficient (Wildman–Crippen LogP) is 8.09. The molecule has 0 fully saturated rings. The first-order valence-electron chi connectivity index (χ1n) is 12.0. The van der Waals surface area contributed by atoms with Crippen LogP contribution in [0.2, 0.25) is 0 Å². The topological polar surface area (TPSA) is 15.8 Å². The molecule has 0 aliphatic rings. The molecule has 0 unspecified atom stereocenters. The molecule has 1 aromatic heterocycles. The molecule has 34 heavy (non-hydrogen) atoms. The Labute approximate surface area is 200 Å². The lowest BCUT2D eigenvalue weighted by Gasteiger charge is -2.36. The third kappa shape index (κ3) is 3.60. The van der Waals surface area contributed by atoms with Gasteiger partial charge in [-0.2, -0.15) is 0 Å². The van der Waals surface area contributed by atoms with Gasteiger partial charge in [0.1, 0.15) is 0 Å². The monoisotopic (exact) mass is 437 g/mol. The molecule has 0 saturated heterocycles. The molecular weight excluding hydrogens is 410 g/mol. The number of nitrogens with one attached hydrogen (secondary N) is 1. The van der Waals surface area contributed by atoms with Crippen LogP contribution in [-0.2, 0) is 18.3 Å². The van der Waals surface area contributed by atoms with Crippen LogP contribution in [0.1, 0.15) is 22.3 Å². The number of rotatable bonds is 6. The standard InChI is InChI=1S/C33H27N/c1-4-13-25(14-5-1)23-33(27-17-8-3-9-18-27,24-26-15-6-2-7-16-26)30-21-12-20-29-28-19-10-11-22-31(28)34-32(29)30/h1-22,34H,23-24H2. The van der Waals surface area contributed by atoms with Gasteiger partial charge < -0.3 is 4.98 Å². The lowest BCUT2D eigenvalue weighted by Crippen LogP contribution is -2.33. The third-order valence-corrected chi connectivity index (χ3v) is 7.08. The Bertz CT molecular complexity index is 1490. The smallest absolute Gasteiger partial charge is 0.0506 e. The van der Waals surface area contributed by atoms with Gasteiger partial charge in [0, 0.05) is 21.7 Å². The SMILES string of the molecule is c1ccc(CC(Cc2ccccc2)(c2ccccc2)c2cccc3c2[nH]c2ccccc23)cc1. The van der Waals surface area contributed by atoms with E-state index in [4.69, 9.17) is 0 Å². The van der Waals surface area contributed by atoms with Crippen molar-refractivity contribution in [1.82, 2.24) is 4.98 Å². The van der Waals surface area contributed by atoms with E-state index in [1.165, 1.54) is 44.1 Å². The van der Waals surface area contributed by atoms with Crippen molar-refractivity contribution < 1.29 is 0 Å². The Morgan fingerprint density at radius 2 is 1.00 bits per heavy atom. The molecule has 0 saturated carbocycles. The molecule has 1 heteroatoms. The van der Waals surface area contributed by atoms with Gasteiger partial charge in [0.2, 0.25) is 0 Å². The first kappa shape index (κ1) is 20.5. The van der Waals surface area contributed by atoms with Crippen LogP contribution in [0.3, 0.4) is 0 Å². The first-order chi connectivity index (χ1) is 16.8. The quantitative estimate of drug-likeness (QED) is 0.271. The van der Waals surface area contributed by atoms with Gasteiger partial charge >= 0.3 is 0 Å². The van der Waals surface area contributed by atoms with Gasteiger partial charge in [0.15, 0.2) is 0 Å². The summed E-state index contributed by atoms with van der Waals surface area (Å²) >= 11 is 0. The van der Waals surface area contributed by atoms with Crippen LogP contribution in [0.5, 0.6) is 0 Å². The highest BCUT2D eigenvalue weighted by Crippen LogP contribution is 2.43. The molecular formula is C33H27N. The molecule has 1 nitrogen and oxygen atoms in total. The molecule has 0 bridgehead atoms. The van der Waals surface area contributed by atoms with Gasteiger partial charge in [-0.05, 0) is 41.2 Å². The Hall–Kier alpha value is -4.10. The first-order valence-corrected chi connectivity index (χ1v) is 12.0. The molecule has 1 N–H and O–H groups in total. The fraction of sp³-hybridized carbons (Fsp3) is 0.0909. The van der Waals surface area contributed by atoms with Crippen molar-refractivity contribution in [2.45, 2.75) is 18.3 Å². The number of benzene rings is 5. The van der Waals surface area contributed by atoms with E-state index < -0.39 is 0 Å². The second-order valence-corrected chi connectivity index (χ2v) is 9.17. The van der Waals surface area contributed by atoms with E-state index in [0.717, 1.165) is 12.8 Å². The maximum Gasteiger partial charge on any atom is 0.0506 e. The molecule has 0 aliphatic heterocycles. The van der Waals surface area contributed by atoms with Crippen LogP contribution in [-0.4, -0.2) is 4.98 Å². The Morgan fingerprint density at radius 1 is 0.471 bits per heavy atom. The van der Waals surface area contributed by atoms with Crippen molar-refractivity contribution >= 4 is 21.8 Å². The molecule has 0 amide bonds. The largest absolute Gasteiger partial charge is 0.354 e. The van der Waals surface area contributed by atoms with Gasteiger partial charge in [-0.1, -0.05) is 127 Å². The minimum atomic E-state index is -0.232. The van der Waals surface area contributed by atoms with Crippen molar-refractivity contribution in [3.8, 4) is 0 Å². The average molecular weight is 438 g/mol. The van der Waals surface area contributed by atoms with Crippen LogP contribution in [0.25, 0.3) is 21.8 Å². The van der Waals surface area contributed by atoms with E-state index in [1.54, 1.807) is 0 Å². The van der Waals surface area contributed by atoms with Crippen molar-refractivity contribution in [2.24, 2.45) is 0 Å². The Kier molecular flexibility index (Phi) is 5.24. The summed E-state index contributed by atoms with van der Waals surface area (Å²) in [7, 11) is 0. The summed E-state index contributed by atoms with van der Waals surface area (Å²) in [6.45, 7) is 0. The lowest BCUT2D eigenvalue weighted by atomic mass is 9.66. The fourth-order valence-corrected chi connectivity index (χ4v) is 5.53. The molecule has 6 aromatic rings. The van der Waals surface area contributed by atoms with Gasteiger partial charge in [0.05, 0.1) is 5.52 Å². The van der Waals surface area contributed by atoms with E-state index in [9.17, 15) is 0 Å². The summed E-state index contributed by atoms with van der Waals surface area (Å²) in [5.74, 6) is 0.